The van der Waals surface area contributed by atoms with E-state index in [-0.39, 0.29) is 17.9 Å². The Morgan fingerprint density at radius 1 is 1.27 bits per heavy atom. The van der Waals surface area contributed by atoms with Gasteiger partial charge in [0, 0.05) is 13.1 Å². The van der Waals surface area contributed by atoms with Crippen molar-refractivity contribution in [2.24, 2.45) is 17.6 Å². The number of likely N-dealkylation sites (N-methyl/N-ethyl adjacent to an activating group) is 1. The lowest BCUT2D eigenvalue weighted by atomic mass is 9.98. The van der Waals surface area contributed by atoms with Crippen LogP contribution in [0.4, 0.5) is 0 Å². The van der Waals surface area contributed by atoms with Crippen LogP contribution in [-0.2, 0) is 4.79 Å². The van der Waals surface area contributed by atoms with Crippen molar-refractivity contribution < 1.29 is 4.79 Å². The first-order valence-corrected chi connectivity index (χ1v) is 5.98. The monoisotopic (exact) mass is 214 g/mol. The van der Waals surface area contributed by atoms with Crippen molar-refractivity contribution in [3.63, 3.8) is 0 Å². The molecular weight excluding hydrogens is 188 g/mol. The summed E-state index contributed by atoms with van der Waals surface area (Å²) < 4.78 is 0. The Balaban J connectivity index is 4.37. The average Bonchev–Trinajstić information content (AvgIpc) is 2.22. The van der Waals surface area contributed by atoms with Gasteiger partial charge in [0.05, 0.1) is 6.04 Å². The number of carbonyl (C=O) groups is 1. The highest BCUT2D eigenvalue weighted by molar-refractivity contribution is 5.81. The summed E-state index contributed by atoms with van der Waals surface area (Å²) in [6.45, 7) is 11.9. The van der Waals surface area contributed by atoms with E-state index in [0.717, 1.165) is 19.5 Å². The first-order valence-electron chi connectivity index (χ1n) is 5.98. The van der Waals surface area contributed by atoms with E-state index in [0.29, 0.717) is 5.92 Å². The van der Waals surface area contributed by atoms with Crippen LogP contribution in [0.15, 0.2) is 0 Å². The molecule has 0 aromatic heterocycles. The quantitative estimate of drug-likeness (QED) is 0.733. The Labute approximate surface area is 94.0 Å². The molecule has 90 valence electrons. The van der Waals surface area contributed by atoms with E-state index in [2.05, 4.69) is 20.8 Å². The second-order valence-corrected chi connectivity index (χ2v) is 4.68. The molecule has 0 aliphatic rings. The molecule has 3 nitrogen and oxygen atoms in total. The maximum atomic E-state index is 12.0. The lowest BCUT2D eigenvalue weighted by molar-refractivity contribution is -0.134. The molecule has 0 aliphatic carbocycles. The molecule has 0 aliphatic heterocycles. The van der Waals surface area contributed by atoms with Crippen molar-refractivity contribution in [3.8, 4) is 0 Å². The van der Waals surface area contributed by atoms with Gasteiger partial charge in [-0.25, -0.2) is 0 Å². The van der Waals surface area contributed by atoms with Crippen LogP contribution in [0.2, 0.25) is 0 Å². The van der Waals surface area contributed by atoms with Gasteiger partial charge in [-0.3, -0.25) is 4.79 Å². The van der Waals surface area contributed by atoms with E-state index < -0.39 is 0 Å². The number of nitrogens with zero attached hydrogens (tertiary/aromatic N) is 1. The van der Waals surface area contributed by atoms with Crippen molar-refractivity contribution in [2.75, 3.05) is 13.1 Å². The summed E-state index contributed by atoms with van der Waals surface area (Å²) in [6, 6.07) is -0.339. The molecule has 0 fully saturated rings. The van der Waals surface area contributed by atoms with Gasteiger partial charge in [-0.2, -0.15) is 0 Å². The van der Waals surface area contributed by atoms with Crippen LogP contribution in [0, 0.1) is 11.8 Å². The molecule has 0 heterocycles. The predicted molar refractivity (Wildman–Crippen MR) is 64.5 cm³/mol. The minimum atomic E-state index is -0.339. The number of carbonyl (C=O) groups excluding carboxylic acids is 1. The van der Waals surface area contributed by atoms with Crippen molar-refractivity contribution in [1.29, 1.82) is 0 Å². The minimum Gasteiger partial charge on any atom is -0.341 e. The summed E-state index contributed by atoms with van der Waals surface area (Å²) in [6.07, 6.45) is 0.951. The van der Waals surface area contributed by atoms with Gasteiger partial charge in [-0.05, 0) is 18.8 Å². The van der Waals surface area contributed by atoms with Crippen LogP contribution in [0.25, 0.3) is 0 Å². The highest BCUT2D eigenvalue weighted by atomic mass is 16.2. The van der Waals surface area contributed by atoms with Crippen LogP contribution in [0.1, 0.15) is 41.0 Å². The zero-order chi connectivity index (χ0) is 12.0. The number of hydrogen-bond donors (Lipinski definition) is 1. The molecule has 2 unspecified atom stereocenters. The Morgan fingerprint density at radius 2 is 1.80 bits per heavy atom. The number of rotatable bonds is 6. The molecule has 0 aromatic carbocycles. The molecule has 0 bridgehead atoms. The molecule has 15 heavy (non-hydrogen) atoms. The molecule has 0 spiro atoms. The third-order valence-electron chi connectivity index (χ3n) is 2.82. The molecule has 2 N–H and O–H groups in total. The Morgan fingerprint density at radius 3 is 2.13 bits per heavy atom. The normalized spacial score (nSPS) is 15.1. The minimum absolute atomic E-state index is 0.0977. The standard InChI is InChI=1S/C12H26N2O/c1-6-10(5)11(13)12(15)14(7-2)8-9(3)4/h9-11H,6-8,13H2,1-5H3. The summed E-state index contributed by atoms with van der Waals surface area (Å²) in [5.41, 5.74) is 5.93. The fourth-order valence-corrected chi connectivity index (χ4v) is 1.52. The van der Waals surface area contributed by atoms with E-state index in [1.165, 1.54) is 0 Å². The Kier molecular flexibility index (Phi) is 6.57. The summed E-state index contributed by atoms with van der Waals surface area (Å²) in [5, 5.41) is 0. The van der Waals surface area contributed by atoms with Crippen molar-refractivity contribution in [2.45, 2.75) is 47.1 Å². The van der Waals surface area contributed by atoms with Crippen molar-refractivity contribution in [3.05, 3.63) is 0 Å². The van der Waals surface area contributed by atoms with Gasteiger partial charge in [-0.15, -0.1) is 0 Å². The summed E-state index contributed by atoms with van der Waals surface area (Å²) >= 11 is 0. The molecular formula is C12H26N2O. The topological polar surface area (TPSA) is 46.3 Å². The second kappa shape index (κ2) is 6.83. The maximum Gasteiger partial charge on any atom is 0.239 e. The number of nitrogens with two attached hydrogens (primary N) is 1. The molecule has 0 aromatic rings. The largest absolute Gasteiger partial charge is 0.341 e. The predicted octanol–water partition coefficient (Wildman–Crippen LogP) is 1.86. The molecule has 0 saturated heterocycles. The Hall–Kier alpha value is -0.570. The lowest BCUT2D eigenvalue weighted by Crippen LogP contribution is -2.48. The fraction of sp³-hybridized carbons (Fsp3) is 0.917. The Bertz CT molecular complexity index is 192. The molecule has 0 rings (SSSR count). The van der Waals surface area contributed by atoms with Crippen LogP contribution < -0.4 is 5.73 Å². The van der Waals surface area contributed by atoms with E-state index in [4.69, 9.17) is 5.73 Å². The first-order chi connectivity index (χ1) is 6.93. The van der Waals surface area contributed by atoms with Gasteiger partial charge in [0.25, 0.3) is 0 Å². The van der Waals surface area contributed by atoms with Gasteiger partial charge in [-0.1, -0.05) is 34.1 Å². The third-order valence-corrected chi connectivity index (χ3v) is 2.82. The SMILES string of the molecule is CCC(C)C(N)C(=O)N(CC)CC(C)C. The zero-order valence-corrected chi connectivity index (χ0v) is 10.8. The van der Waals surface area contributed by atoms with Crippen molar-refractivity contribution >= 4 is 5.91 Å². The van der Waals surface area contributed by atoms with Crippen LogP contribution in [-0.4, -0.2) is 29.9 Å². The number of hydrogen-bond acceptors (Lipinski definition) is 2. The average molecular weight is 214 g/mol. The summed E-state index contributed by atoms with van der Waals surface area (Å²) in [5.74, 6) is 0.859. The zero-order valence-electron chi connectivity index (χ0n) is 10.8. The van der Waals surface area contributed by atoms with E-state index in [9.17, 15) is 4.79 Å². The van der Waals surface area contributed by atoms with Gasteiger partial charge in [0.2, 0.25) is 5.91 Å². The van der Waals surface area contributed by atoms with E-state index in [1.807, 2.05) is 18.7 Å². The van der Waals surface area contributed by atoms with Crippen molar-refractivity contribution in [1.82, 2.24) is 4.90 Å². The van der Waals surface area contributed by atoms with E-state index >= 15 is 0 Å². The smallest absolute Gasteiger partial charge is 0.239 e. The molecule has 3 heteroatoms. The molecule has 2 atom stereocenters. The molecule has 0 radical (unpaired) electrons. The van der Waals surface area contributed by atoms with Gasteiger partial charge in [0.15, 0.2) is 0 Å². The van der Waals surface area contributed by atoms with Gasteiger partial charge < -0.3 is 10.6 Å². The number of amides is 1. The highest BCUT2D eigenvalue weighted by Gasteiger charge is 2.24. The highest BCUT2D eigenvalue weighted by Crippen LogP contribution is 2.09. The first kappa shape index (κ1) is 14.4. The lowest BCUT2D eigenvalue weighted by Gasteiger charge is -2.28. The maximum absolute atomic E-state index is 12.0. The van der Waals surface area contributed by atoms with Gasteiger partial charge in [0.1, 0.15) is 0 Å². The fourth-order valence-electron chi connectivity index (χ4n) is 1.52. The molecule has 1 amide bonds. The third kappa shape index (κ3) is 4.65. The van der Waals surface area contributed by atoms with Gasteiger partial charge >= 0.3 is 0 Å². The molecule has 0 saturated carbocycles. The second-order valence-electron chi connectivity index (χ2n) is 4.68. The van der Waals surface area contributed by atoms with Crippen LogP contribution >= 0.6 is 0 Å². The summed E-state index contributed by atoms with van der Waals surface area (Å²) in [7, 11) is 0. The van der Waals surface area contributed by atoms with E-state index in [1.54, 1.807) is 0 Å². The van der Waals surface area contributed by atoms with Crippen LogP contribution in [0.5, 0.6) is 0 Å². The van der Waals surface area contributed by atoms with Crippen LogP contribution in [0.3, 0.4) is 0 Å². The summed E-state index contributed by atoms with van der Waals surface area (Å²) in [4.78, 5) is 13.9.